The predicted molar refractivity (Wildman–Crippen MR) is 176 cm³/mol. The molecule has 2 amide bonds. The Bertz CT molecular complexity index is 1490. The van der Waals surface area contributed by atoms with Crippen LogP contribution in [0, 0.1) is 0 Å². The first-order valence-corrected chi connectivity index (χ1v) is 17.8. The number of piperidine rings is 1. The molecule has 2 saturated heterocycles. The van der Waals surface area contributed by atoms with Crippen molar-refractivity contribution >= 4 is 20.2 Å². The Morgan fingerprint density at radius 3 is 2.17 bits per heavy atom. The number of halogens is 3. The van der Waals surface area contributed by atoms with E-state index in [1.165, 1.54) is 5.56 Å². The van der Waals surface area contributed by atoms with Crippen molar-refractivity contribution in [2.45, 2.75) is 68.7 Å². The van der Waals surface area contributed by atoms with E-state index in [0.717, 1.165) is 54.6 Å². The Morgan fingerprint density at radius 1 is 0.872 bits per heavy atom. The number of hydrogen-bond acceptors (Lipinski definition) is 5. The molecule has 11 heteroatoms. The molecule has 0 spiro atoms. The maximum atomic E-state index is 13.7. The van der Waals surface area contributed by atoms with Gasteiger partial charge in [-0.25, -0.2) is 0 Å². The number of carbonyl (C=O) groups is 2. The van der Waals surface area contributed by atoms with Crippen molar-refractivity contribution in [2.75, 3.05) is 32.5 Å². The third-order valence-corrected chi connectivity index (χ3v) is 10.9. The van der Waals surface area contributed by atoms with Gasteiger partial charge in [-0.05, 0) is 60.0 Å². The van der Waals surface area contributed by atoms with Crippen LogP contribution >= 0.6 is 8.38 Å². The quantitative estimate of drug-likeness (QED) is 0.176. The zero-order chi connectivity index (χ0) is 32.9. The molecule has 0 aromatic heterocycles. The van der Waals surface area contributed by atoms with E-state index in [0.29, 0.717) is 38.6 Å². The molecule has 47 heavy (non-hydrogen) atoms. The van der Waals surface area contributed by atoms with Crippen LogP contribution in [0.1, 0.15) is 55.2 Å². The number of benzene rings is 3. The van der Waals surface area contributed by atoms with E-state index in [-0.39, 0.29) is 18.0 Å². The number of nitrogens with zero attached hydrogens (tertiary/aromatic N) is 1. The zero-order valence-corrected chi connectivity index (χ0v) is 27.2. The monoisotopic (exact) mass is 667 g/mol. The topological polar surface area (TPSA) is 79.9 Å². The molecule has 0 bridgehead atoms. The lowest BCUT2D eigenvalue weighted by molar-refractivity contribution is -0.141. The summed E-state index contributed by atoms with van der Waals surface area (Å²) >= 11 is 0. The molecule has 2 heterocycles. The van der Waals surface area contributed by atoms with Gasteiger partial charge in [0.2, 0.25) is 11.8 Å². The van der Waals surface area contributed by atoms with E-state index in [9.17, 15) is 22.8 Å². The highest BCUT2D eigenvalue weighted by atomic mass is 31.2. The lowest BCUT2D eigenvalue weighted by Gasteiger charge is -2.36. The van der Waals surface area contributed by atoms with Crippen molar-refractivity contribution in [3.8, 4) is 11.1 Å². The van der Waals surface area contributed by atoms with Gasteiger partial charge >= 0.3 is 6.18 Å². The first-order chi connectivity index (χ1) is 22.7. The Balaban J connectivity index is 1.02. The molecule has 6 rings (SSSR count). The van der Waals surface area contributed by atoms with Crippen LogP contribution in [-0.2, 0) is 30.6 Å². The molecule has 0 saturated carbocycles. The summed E-state index contributed by atoms with van der Waals surface area (Å²) in [6.45, 7) is 0.984. The number of alkyl halides is 3. The number of carbonyl (C=O) groups excluding carboxylic acids is 2. The lowest BCUT2D eigenvalue weighted by atomic mass is 9.73. The standard InChI is InChI=1S/C36H41F3N3O4P/c37-36(38,39)25-40-34(44)35(30-16-6-4-14-28(30)29-15-5-7-17-31(29)35)19-9-11-21-47-45-23-27(24-46-47)41-33(43)32-18-8-10-20-42(32)22-26-12-2-1-3-13-26/h1-7,12-17,27,32H,8-11,18-25H2,(H,40,44)(H,41,43). The number of unbranched alkanes of at least 4 members (excludes halogenated alkanes) is 1. The summed E-state index contributed by atoms with van der Waals surface area (Å²) in [4.78, 5) is 29.2. The Morgan fingerprint density at radius 2 is 1.51 bits per heavy atom. The van der Waals surface area contributed by atoms with Crippen molar-refractivity contribution in [1.82, 2.24) is 15.5 Å². The maximum absolute atomic E-state index is 13.7. The van der Waals surface area contributed by atoms with Gasteiger partial charge in [0.05, 0.1) is 25.3 Å². The van der Waals surface area contributed by atoms with Crippen LogP contribution in [-0.4, -0.2) is 67.4 Å². The van der Waals surface area contributed by atoms with Gasteiger partial charge in [-0.15, -0.1) is 0 Å². The van der Waals surface area contributed by atoms with Gasteiger partial charge in [0, 0.05) is 12.7 Å². The van der Waals surface area contributed by atoms with Gasteiger partial charge in [-0.1, -0.05) is 91.7 Å². The molecule has 1 aliphatic carbocycles. The van der Waals surface area contributed by atoms with Gasteiger partial charge in [-0.2, -0.15) is 13.2 Å². The van der Waals surface area contributed by atoms with Crippen molar-refractivity contribution in [3.05, 3.63) is 95.6 Å². The minimum Gasteiger partial charge on any atom is -0.347 e. The van der Waals surface area contributed by atoms with Crippen LogP contribution in [0.4, 0.5) is 13.2 Å². The second-order valence-electron chi connectivity index (χ2n) is 12.6. The predicted octanol–water partition coefficient (Wildman–Crippen LogP) is 6.70. The van der Waals surface area contributed by atoms with Gasteiger partial charge in [0.25, 0.3) is 0 Å². The van der Waals surface area contributed by atoms with Crippen LogP contribution in [0.2, 0.25) is 0 Å². The second-order valence-corrected chi connectivity index (χ2v) is 14.2. The van der Waals surface area contributed by atoms with Crippen LogP contribution < -0.4 is 10.6 Å². The number of amides is 2. The van der Waals surface area contributed by atoms with E-state index in [4.69, 9.17) is 9.05 Å². The molecule has 3 aromatic rings. The van der Waals surface area contributed by atoms with E-state index in [1.807, 2.05) is 66.7 Å². The average Bonchev–Trinajstić information content (AvgIpc) is 3.37. The van der Waals surface area contributed by atoms with Gasteiger partial charge in [0.15, 0.2) is 8.38 Å². The van der Waals surface area contributed by atoms with E-state index < -0.39 is 32.4 Å². The molecule has 7 nitrogen and oxygen atoms in total. The fraction of sp³-hybridized carbons (Fsp3) is 0.444. The van der Waals surface area contributed by atoms with Crippen molar-refractivity contribution < 1.29 is 31.8 Å². The molecule has 1 unspecified atom stereocenters. The molecular weight excluding hydrogens is 626 g/mol. The molecule has 1 atom stereocenters. The first-order valence-electron chi connectivity index (χ1n) is 16.4. The van der Waals surface area contributed by atoms with Gasteiger partial charge in [-0.3, -0.25) is 14.5 Å². The number of rotatable bonds is 11. The Labute approximate surface area is 275 Å². The van der Waals surface area contributed by atoms with Crippen LogP contribution in [0.25, 0.3) is 11.1 Å². The summed E-state index contributed by atoms with van der Waals surface area (Å²) < 4.78 is 51.6. The number of nitrogens with one attached hydrogen (secondary N) is 2. The minimum atomic E-state index is -4.51. The molecule has 250 valence electrons. The summed E-state index contributed by atoms with van der Waals surface area (Å²) in [6, 6.07) is 24.7. The highest BCUT2D eigenvalue weighted by Crippen LogP contribution is 2.52. The number of fused-ring (bicyclic) bond motifs is 3. The van der Waals surface area contributed by atoms with Crippen LogP contribution in [0.3, 0.4) is 0 Å². The van der Waals surface area contributed by atoms with E-state index in [1.54, 1.807) is 0 Å². The summed E-state index contributed by atoms with van der Waals surface area (Å²) in [5.41, 5.74) is 3.18. The third-order valence-electron chi connectivity index (χ3n) is 9.37. The summed E-state index contributed by atoms with van der Waals surface area (Å²) in [6.07, 6.45) is 0.668. The highest BCUT2D eigenvalue weighted by molar-refractivity contribution is 7.47. The average molecular weight is 668 g/mol. The Hall–Kier alpha value is -3.30. The molecule has 2 N–H and O–H groups in total. The molecule has 0 radical (unpaired) electrons. The fourth-order valence-electron chi connectivity index (χ4n) is 7.15. The summed E-state index contributed by atoms with van der Waals surface area (Å²) in [5, 5.41) is 5.33. The summed E-state index contributed by atoms with van der Waals surface area (Å²) in [5.74, 6) is -0.628. The van der Waals surface area contributed by atoms with Gasteiger partial charge in [0.1, 0.15) is 12.0 Å². The molecule has 2 aliphatic heterocycles. The molecular formula is C36H41F3N3O4P. The zero-order valence-electron chi connectivity index (χ0n) is 26.3. The normalized spacial score (nSPS) is 22.2. The second kappa shape index (κ2) is 14.9. The minimum absolute atomic E-state index is 0.00952. The van der Waals surface area contributed by atoms with E-state index in [2.05, 4.69) is 27.7 Å². The largest absolute Gasteiger partial charge is 0.405 e. The van der Waals surface area contributed by atoms with Crippen molar-refractivity contribution in [1.29, 1.82) is 0 Å². The number of hydrogen-bond donors (Lipinski definition) is 2. The highest BCUT2D eigenvalue weighted by Gasteiger charge is 2.49. The Kier molecular flexibility index (Phi) is 10.6. The smallest absolute Gasteiger partial charge is 0.347 e. The third kappa shape index (κ3) is 7.72. The van der Waals surface area contributed by atoms with Crippen LogP contribution in [0.15, 0.2) is 78.9 Å². The lowest BCUT2D eigenvalue weighted by Crippen LogP contribution is -2.53. The fourth-order valence-corrected chi connectivity index (χ4v) is 8.66. The molecule has 3 aliphatic rings. The molecule has 2 fully saturated rings. The maximum Gasteiger partial charge on any atom is 0.405 e. The van der Waals surface area contributed by atoms with E-state index >= 15 is 0 Å². The number of likely N-dealkylation sites (tertiary alicyclic amines) is 1. The van der Waals surface area contributed by atoms with Crippen molar-refractivity contribution in [3.63, 3.8) is 0 Å². The van der Waals surface area contributed by atoms with Gasteiger partial charge < -0.3 is 19.7 Å². The first kappa shape index (κ1) is 33.6. The van der Waals surface area contributed by atoms with Crippen LogP contribution in [0.5, 0.6) is 0 Å². The van der Waals surface area contributed by atoms with Crippen molar-refractivity contribution in [2.24, 2.45) is 0 Å². The summed E-state index contributed by atoms with van der Waals surface area (Å²) in [7, 11) is -1.17. The SMILES string of the molecule is O=C(NC1COP(CCCCC2(C(=O)NCC(F)(F)F)c3ccccc3-c3ccccc32)OC1)C1CCCCN1Cc1ccccc1. The molecule has 3 aromatic carbocycles.